The molecule has 0 amide bonds. The molecule has 0 radical (unpaired) electrons. The minimum atomic E-state index is -0.164. The van der Waals surface area contributed by atoms with Gasteiger partial charge in [-0.15, -0.1) is 11.3 Å². The minimum Gasteiger partial charge on any atom is -0.493 e. The lowest BCUT2D eigenvalue weighted by Gasteiger charge is -2.15. The zero-order valence-electron chi connectivity index (χ0n) is 11.1. The van der Waals surface area contributed by atoms with Gasteiger partial charge in [-0.25, -0.2) is 0 Å². The highest BCUT2D eigenvalue weighted by atomic mass is 79.9. The average molecular weight is 342 g/mol. The van der Waals surface area contributed by atoms with Gasteiger partial charge in [0.15, 0.2) is 11.5 Å². The normalized spacial score (nSPS) is 12.3. The molecule has 0 spiro atoms. The van der Waals surface area contributed by atoms with Crippen LogP contribution in [0.3, 0.4) is 0 Å². The molecule has 19 heavy (non-hydrogen) atoms. The quantitative estimate of drug-likeness (QED) is 0.917. The number of rotatable bonds is 4. The first-order chi connectivity index (χ1) is 9.06. The summed E-state index contributed by atoms with van der Waals surface area (Å²) in [5, 5.41) is 0. The molecule has 2 aromatic rings. The molecule has 5 heteroatoms. The standard InChI is InChI=1S/C14H16BrNO2S/c1-8-10(7-13(15)19-8)14(16)9-4-5-11(17-2)12(6-9)18-3/h4-7,14H,16H2,1-3H3. The summed E-state index contributed by atoms with van der Waals surface area (Å²) < 4.78 is 11.6. The highest BCUT2D eigenvalue weighted by Crippen LogP contribution is 2.35. The van der Waals surface area contributed by atoms with Crippen molar-refractivity contribution in [3.8, 4) is 11.5 Å². The molecule has 102 valence electrons. The van der Waals surface area contributed by atoms with Crippen molar-refractivity contribution < 1.29 is 9.47 Å². The Kier molecular flexibility index (Phi) is 4.50. The SMILES string of the molecule is COc1ccc(C(N)c2cc(Br)sc2C)cc1OC. The molecule has 0 saturated carbocycles. The molecule has 0 bridgehead atoms. The van der Waals surface area contributed by atoms with E-state index < -0.39 is 0 Å². The fourth-order valence-electron chi connectivity index (χ4n) is 1.99. The summed E-state index contributed by atoms with van der Waals surface area (Å²) in [6.45, 7) is 2.07. The van der Waals surface area contributed by atoms with Crippen LogP contribution in [0.2, 0.25) is 0 Å². The minimum absolute atomic E-state index is 0.164. The Bertz CT molecular complexity index is 583. The Morgan fingerprint density at radius 1 is 1.16 bits per heavy atom. The number of nitrogens with two attached hydrogens (primary N) is 1. The van der Waals surface area contributed by atoms with Crippen LogP contribution in [-0.4, -0.2) is 14.2 Å². The van der Waals surface area contributed by atoms with Crippen molar-refractivity contribution in [2.24, 2.45) is 5.73 Å². The van der Waals surface area contributed by atoms with E-state index in [1.807, 2.05) is 18.2 Å². The molecule has 2 rings (SSSR count). The van der Waals surface area contributed by atoms with E-state index >= 15 is 0 Å². The van der Waals surface area contributed by atoms with Gasteiger partial charge in [-0.05, 0) is 52.2 Å². The predicted molar refractivity (Wildman–Crippen MR) is 82.3 cm³/mol. The molecule has 3 nitrogen and oxygen atoms in total. The number of aryl methyl sites for hydroxylation is 1. The van der Waals surface area contributed by atoms with Crippen molar-refractivity contribution in [2.45, 2.75) is 13.0 Å². The second-order valence-electron chi connectivity index (χ2n) is 4.15. The largest absolute Gasteiger partial charge is 0.493 e. The number of hydrogen-bond acceptors (Lipinski definition) is 4. The Hall–Kier alpha value is -1.04. The lowest BCUT2D eigenvalue weighted by Crippen LogP contribution is -2.12. The van der Waals surface area contributed by atoms with Crippen LogP contribution < -0.4 is 15.2 Å². The van der Waals surface area contributed by atoms with Gasteiger partial charge in [0.2, 0.25) is 0 Å². The molecule has 0 saturated heterocycles. The van der Waals surface area contributed by atoms with Gasteiger partial charge < -0.3 is 15.2 Å². The first-order valence-electron chi connectivity index (χ1n) is 5.80. The van der Waals surface area contributed by atoms with E-state index in [0.29, 0.717) is 11.5 Å². The van der Waals surface area contributed by atoms with Crippen molar-refractivity contribution >= 4 is 27.3 Å². The third kappa shape index (κ3) is 2.94. The number of hydrogen-bond donors (Lipinski definition) is 1. The molecule has 1 unspecified atom stereocenters. The molecule has 1 atom stereocenters. The molecular formula is C14H16BrNO2S. The number of halogens is 1. The first kappa shape index (κ1) is 14.4. The third-order valence-corrected chi connectivity index (χ3v) is 4.60. The summed E-state index contributed by atoms with van der Waals surface area (Å²) in [5.74, 6) is 1.41. The molecule has 1 heterocycles. The van der Waals surface area contributed by atoms with Crippen LogP contribution in [0.4, 0.5) is 0 Å². The van der Waals surface area contributed by atoms with E-state index in [4.69, 9.17) is 15.2 Å². The van der Waals surface area contributed by atoms with E-state index in [2.05, 4.69) is 28.9 Å². The maximum absolute atomic E-state index is 6.34. The molecular weight excluding hydrogens is 326 g/mol. The lowest BCUT2D eigenvalue weighted by atomic mass is 10.00. The fourth-order valence-corrected chi connectivity index (χ4v) is 3.75. The van der Waals surface area contributed by atoms with E-state index in [1.165, 1.54) is 4.88 Å². The van der Waals surface area contributed by atoms with E-state index in [1.54, 1.807) is 25.6 Å². The van der Waals surface area contributed by atoms with Gasteiger partial charge in [0, 0.05) is 4.88 Å². The summed E-state index contributed by atoms with van der Waals surface area (Å²) in [6.07, 6.45) is 0. The summed E-state index contributed by atoms with van der Waals surface area (Å²) in [6, 6.07) is 7.68. The molecule has 0 aliphatic heterocycles. The second-order valence-corrected chi connectivity index (χ2v) is 6.79. The maximum atomic E-state index is 6.34. The Morgan fingerprint density at radius 3 is 2.37 bits per heavy atom. The van der Waals surface area contributed by atoms with Gasteiger partial charge in [0.05, 0.1) is 24.0 Å². The fraction of sp³-hybridized carbons (Fsp3) is 0.286. The zero-order chi connectivity index (χ0) is 14.0. The highest BCUT2D eigenvalue weighted by Gasteiger charge is 2.16. The van der Waals surface area contributed by atoms with Gasteiger partial charge >= 0.3 is 0 Å². The molecule has 1 aromatic carbocycles. The summed E-state index contributed by atoms with van der Waals surface area (Å²) in [5.41, 5.74) is 8.47. The average Bonchev–Trinajstić information content (AvgIpc) is 2.76. The van der Waals surface area contributed by atoms with Gasteiger partial charge in [0.1, 0.15) is 0 Å². The van der Waals surface area contributed by atoms with Gasteiger partial charge in [-0.3, -0.25) is 0 Å². The molecule has 0 aliphatic rings. The van der Waals surface area contributed by atoms with Crippen molar-refractivity contribution in [1.82, 2.24) is 0 Å². The van der Waals surface area contributed by atoms with Crippen LogP contribution in [0.1, 0.15) is 22.0 Å². The summed E-state index contributed by atoms with van der Waals surface area (Å²) in [7, 11) is 3.25. The van der Waals surface area contributed by atoms with E-state index in [9.17, 15) is 0 Å². The molecule has 0 aliphatic carbocycles. The predicted octanol–water partition coefficient (Wildman–Crippen LogP) is 3.88. The molecule has 0 fully saturated rings. The third-order valence-electron chi connectivity index (χ3n) is 3.03. The van der Waals surface area contributed by atoms with Crippen LogP contribution in [0.25, 0.3) is 0 Å². The van der Waals surface area contributed by atoms with E-state index in [0.717, 1.165) is 14.9 Å². The summed E-state index contributed by atoms with van der Waals surface area (Å²) >= 11 is 5.18. The van der Waals surface area contributed by atoms with E-state index in [-0.39, 0.29) is 6.04 Å². The van der Waals surface area contributed by atoms with Gasteiger partial charge in [-0.1, -0.05) is 6.07 Å². The van der Waals surface area contributed by atoms with Crippen LogP contribution in [0.5, 0.6) is 11.5 Å². The number of ether oxygens (including phenoxy) is 2. The zero-order valence-corrected chi connectivity index (χ0v) is 13.5. The Balaban J connectivity index is 2.39. The number of thiophene rings is 1. The molecule has 1 aromatic heterocycles. The van der Waals surface area contributed by atoms with Crippen LogP contribution in [0, 0.1) is 6.92 Å². The van der Waals surface area contributed by atoms with Crippen molar-refractivity contribution in [2.75, 3.05) is 14.2 Å². The number of benzene rings is 1. The van der Waals surface area contributed by atoms with Crippen molar-refractivity contribution in [3.63, 3.8) is 0 Å². The Labute approximate surface area is 125 Å². The lowest BCUT2D eigenvalue weighted by molar-refractivity contribution is 0.354. The Morgan fingerprint density at radius 2 is 1.84 bits per heavy atom. The van der Waals surface area contributed by atoms with Gasteiger partial charge in [-0.2, -0.15) is 0 Å². The van der Waals surface area contributed by atoms with Crippen LogP contribution >= 0.6 is 27.3 Å². The van der Waals surface area contributed by atoms with Gasteiger partial charge in [0.25, 0.3) is 0 Å². The van der Waals surface area contributed by atoms with Crippen molar-refractivity contribution in [3.05, 3.63) is 44.1 Å². The monoisotopic (exact) mass is 341 g/mol. The number of methoxy groups -OCH3 is 2. The van der Waals surface area contributed by atoms with Crippen LogP contribution in [0.15, 0.2) is 28.1 Å². The topological polar surface area (TPSA) is 44.5 Å². The first-order valence-corrected chi connectivity index (χ1v) is 7.41. The van der Waals surface area contributed by atoms with Crippen molar-refractivity contribution in [1.29, 1.82) is 0 Å². The molecule has 2 N–H and O–H groups in total. The highest BCUT2D eigenvalue weighted by molar-refractivity contribution is 9.11. The smallest absolute Gasteiger partial charge is 0.161 e. The van der Waals surface area contributed by atoms with Crippen LogP contribution in [-0.2, 0) is 0 Å². The second kappa shape index (κ2) is 5.94. The maximum Gasteiger partial charge on any atom is 0.161 e. The summed E-state index contributed by atoms with van der Waals surface area (Å²) in [4.78, 5) is 1.22.